The van der Waals surface area contributed by atoms with Crippen LogP contribution in [0.2, 0.25) is 0 Å². The van der Waals surface area contributed by atoms with Gasteiger partial charge in [-0.25, -0.2) is 4.21 Å². The molecule has 1 aliphatic rings. The number of fused-ring (bicyclic) bond motifs is 1. The minimum Gasteiger partial charge on any atom is -0.367 e. The Labute approximate surface area is 137 Å². The fourth-order valence-corrected chi connectivity index (χ4v) is 4.12. The average molecular weight is 326 g/mol. The smallest absolute Gasteiger partial charge is 0.107 e. The van der Waals surface area contributed by atoms with Gasteiger partial charge in [0, 0.05) is 43.5 Å². The number of H-pyrrole nitrogens is 1. The fourth-order valence-electron chi connectivity index (χ4n) is 2.97. The molecule has 0 saturated carbocycles. The first-order valence-electron chi connectivity index (χ1n) is 7.73. The van der Waals surface area contributed by atoms with E-state index in [2.05, 4.69) is 20.2 Å². The Morgan fingerprint density at radius 2 is 1.87 bits per heavy atom. The quantitative estimate of drug-likeness (QED) is 0.774. The van der Waals surface area contributed by atoms with Gasteiger partial charge in [0.1, 0.15) is 5.52 Å². The van der Waals surface area contributed by atoms with E-state index in [1.165, 1.54) is 0 Å². The number of aromatic nitrogens is 2. The Bertz CT molecular complexity index is 840. The van der Waals surface area contributed by atoms with Gasteiger partial charge in [-0.2, -0.15) is 0 Å². The van der Waals surface area contributed by atoms with Crippen molar-refractivity contribution in [2.24, 2.45) is 0 Å². The van der Waals surface area contributed by atoms with Gasteiger partial charge < -0.3 is 15.2 Å². The summed E-state index contributed by atoms with van der Waals surface area (Å²) in [5.41, 5.74) is 2.89. The number of hydrogen-bond acceptors (Lipinski definition) is 4. The molecular weight excluding hydrogens is 308 g/mol. The summed E-state index contributed by atoms with van der Waals surface area (Å²) >= 11 is 0. The predicted octanol–water partition coefficient (Wildman–Crippen LogP) is 2.14. The number of nitrogens with zero attached hydrogens (tertiary/aromatic N) is 2. The summed E-state index contributed by atoms with van der Waals surface area (Å²) in [6.45, 7) is 3.89. The molecule has 2 aromatic heterocycles. The summed E-state index contributed by atoms with van der Waals surface area (Å²) in [6, 6.07) is 11.5. The monoisotopic (exact) mass is 326 g/mol. The molecule has 1 aliphatic heterocycles. The molecule has 1 atom stereocenters. The molecule has 0 bridgehead atoms. The van der Waals surface area contributed by atoms with Crippen LogP contribution in [0.3, 0.4) is 0 Å². The molecular formula is C17H18N4OS. The van der Waals surface area contributed by atoms with Gasteiger partial charge in [-0.1, -0.05) is 18.2 Å². The molecule has 6 heteroatoms. The second kappa shape index (κ2) is 6.14. The van der Waals surface area contributed by atoms with Gasteiger partial charge in [0.25, 0.3) is 0 Å². The lowest BCUT2D eigenvalue weighted by Gasteiger charge is -2.29. The van der Waals surface area contributed by atoms with Crippen LogP contribution in [0.25, 0.3) is 11.0 Å². The van der Waals surface area contributed by atoms with Crippen molar-refractivity contribution in [2.45, 2.75) is 9.79 Å². The maximum atomic E-state index is 12.8. The van der Waals surface area contributed by atoms with E-state index >= 15 is 0 Å². The van der Waals surface area contributed by atoms with Gasteiger partial charge in [-0.05, 0) is 18.2 Å². The van der Waals surface area contributed by atoms with Crippen LogP contribution in [-0.4, -0.2) is 40.4 Å². The number of nitrogens with one attached hydrogen (secondary N) is 2. The molecule has 3 aromatic rings. The van der Waals surface area contributed by atoms with E-state index in [0.717, 1.165) is 52.7 Å². The second-order valence-corrected chi connectivity index (χ2v) is 6.97. The molecule has 1 fully saturated rings. The zero-order valence-corrected chi connectivity index (χ0v) is 13.5. The highest BCUT2D eigenvalue weighted by molar-refractivity contribution is 7.85. The van der Waals surface area contributed by atoms with Crippen molar-refractivity contribution in [2.75, 3.05) is 31.1 Å². The van der Waals surface area contributed by atoms with Crippen molar-refractivity contribution < 1.29 is 4.21 Å². The molecule has 1 saturated heterocycles. The first-order chi connectivity index (χ1) is 11.3. The Morgan fingerprint density at radius 1 is 1.09 bits per heavy atom. The molecule has 3 heterocycles. The maximum Gasteiger partial charge on any atom is 0.107 e. The number of anilines is 1. The van der Waals surface area contributed by atoms with Crippen molar-refractivity contribution in [3.05, 3.63) is 48.8 Å². The lowest BCUT2D eigenvalue weighted by atomic mass is 10.2. The molecule has 0 radical (unpaired) electrons. The summed E-state index contributed by atoms with van der Waals surface area (Å²) in [5, 5.41) is 3.36. The highest BCUT2D eigenvalue weighted by Crippen LogP contribution is 2.30. The van der Waals surface area contributed by atoms with E-state index in [9.17, 15) is 4.21 Å². The van der Waals surface area contributed by atoms with Crippen LogP contribution in [0.15, 0.2) is 58.6 Å². The van der Waals surface area contributed by atoms with Gasteiger partial charge in [0.2, 0.25) is 0 Å². The van der Waals surface area contributed by atoms with Crippen molar-refractivity contribution in [1.29, 1.82) is 0 Å². The van der Waals surface area contributed by atoms with Crippen molar-refractivity contribution in [3.63, 3.8) is 0 Å². The van der Waals surface area contributed by atoms with Gasteiger partial charge in [-0.3, -0.25) is 4.98 Å². The van der Waals surface area contributed by atoms with Crippen LogP contribution in [0, 0.1) is 0 Å². The molecule has 118 valence electrons. The van der Waals surface area contributed by atoms with E-state index in [4.69, 9.17) is 0 Å². The average Bonchev–Trinajstić information content (AvgIpc) is 3.06. The van der Waals surface area contributed by atoms with Crippen LogP contribution in [0.5, 0.6) is 0 Å². The van der Waals surface area contributed by atoms with E-state index in [-0.39, 0.29) is 0 Å². The number of pyridine rings is 1. The molecule has 2 N–H and O–H groups in total. The predicted molar refractivity (Wildman–Crippen MR) is 92.3 cm³/mol. The third-order valence-corrected chi connectivity index (χ3v) is 5.54. The first kappa shape index (κ1) is 14.4. The molecule has 23 heavy (non-hydrogen) atoms. The van der Waals surface area contributed by atoms with Crippen molar-refractivity contribution >= 4 is 27.5 Å². The number of hydrogen-bond donors (Lipinski definition) is 2. The summed E-state index contributed by atoms with van der Waals surface area (Å²) in [7, 11) is -1.23. The zero-order chi connectivity index (χ0) is 15.6. The number of rotatable bonds is 3. The van der Waals surface area contributed by atoms with Crippen molar-refractivity contribution in [1.82, 2.24) is 15.3 Å². The van der Waals surface area contributed by atoms with E-state index in [1.54, 1.807) is 6.20 Å². The van der Waals surface area contributed by atoms with Crippen LogP contribution >= 0.6 is 0 Å². The van der Waals surface area contributed by atoms with E-state index < -0.39 is 10.8 Å². The van der Waals surface area contributed by atoms with Crippen LogP contribution < -0.4 is 10.2 Å². The molecule has 0 aliphatic carbocycles. The van der Waals surface area contributed by atoms with Gasteiger partial charge in [0.05, 0.1) is 26.9 Å². The third kappa shape index (κ3) is 2.64. The van der Waals surface area contributed by atoms with E-state index in [1.807, 2.05) is 42.6 Å². The first-order valence-corrected chi connectivity index (χ1v) is 8.88. The fraction of sp³-hybridized carbons (Fsp3) is 0.235. The molecule has 4 rings (SSSR count). The maximum absolute atomic E-state index is 12.8. The lowest BCUT2D eigenvalue weighted by molar-refractivity contribution is 0.590. The molecule has 1 unspecified atom stereocenters. The minimum atomic E-state index is -1.23. The minimum absolute atomic E-state index is 0.739. The third-order valence-electron chi connectivity index (χ3n) is 4.12. The summed E-state index contributed by atoms with van der Waals surface area (Å²) < 4.78 is 12.8. The van der Waals surface area contributed by atoms with Crippen LogP contribution in [0.4, 0.5) is 5.69 Å². The van der Waals surface area contributed by atoms with Crippen LogP contribution in [0.1, 0.15) is 0 Å². The second-order valence-electron chi connectivity index (χ2n) is 5.53. The SMILES string of the molecule is O=S(c1ccccc1)c1c[nH]c2c(N3CCNCC3)ccnc12. The van der Waals surface area contributed by atoms with Gasteiger partial charge >= 0.3 is 0 Å². The normalized spacial score (nSPS) is 16.6. The number of benzene rings is 1. The molecule has 1 aromatic carbocycles. The van der Waals surface area contributed by atoms with Gasteiger partial charge in [0.15, 0.2) is 0 Å². The largest absolute Gasteiger partial charge is 0.367 e. The van der Waals surface area contributed by atoms with Crippen molar-refractivity contribution in [3.8, 4) is 0 Å². The van der Waals surface area contributed by atoms with Crippen LogP contribution in [-0.2, 0) is 10.8 Å². The molecule has 0 amide bonds. The molecule has 0 spiro atoms. The Balaban J connectivity index is 1.77. The number of piperazine rings is 1. The highest BCUT2D eigenvalue weighted by atomic mass is 32.2. The summed E-state index contributed by atoms with van der Waals surface area (Å²) in [4.78, 5) is 11.6. The summed E-state index contributed by atoms with van der Waals surface area (Å²) in [6.07, 6.45) is 3.63. The van der Waals surface area contributed by atoms with E-state index in [0.29, 0.717) is 0 Å². The lowest BCUT2D eigenvalue weighted by Crippen LogP contribution is -2.43. The standard InChI is InChI=1S/C17H18N4OS/c22-23(13-4-2-1-3-5-13)15-12-20-16-14(6-7-19-17(15)16)21-10-8-18-9-11-21/h1-7,12,18,20H,8-11H2. The highest BCUT2D eigenvalue weighted by Gasteiger charge is 2.19. The topological polar surface area (TPSA) is 61.0 Å². The Morgan fingerprint density at radius 3 is 2.65 bits per heavy atom. The molecule has 5 nitrogen and oxygen atoms in total. The zero-order valence-electron chi connectivity index (χ0n) is 12.7. The summed E-state index contributed by atoms with van der Waals surface area (Å²) in [5.74, 6) is 0. The Kier molecular flexibility index (Phi) is 3.85. The number of aromatic amines is 1. The van der Waals surface area contributed by atoms with Gasteiger partial charge in [-0.15, -0.1) is 0 Å². The Hall–Kier alpha value is -2.18.